The summed E-state index contributed by atoms with van der Waals surface area (Å²) in [5.41, 5.74) is 1.12. The van der Waals surface area contributed by atoms with Crippen LogP contribution in [0.15, 0.2) is 0 Å². The van der Waals surface area contributed by atoms with Gasteiger partial charge in [0.2, 0.25) is 0 Å². The summed E-state index contributed by atoms with van der Waals surface area (Å²) in [6.45, 7) is 17.4. The second kappa shape index (κ2) is 5.50. The van der Waals surface area contributed by atoms with E-state index in [0.29, 0.717) is 10.8 Å². The average molecular weight is 226 g/mol. The monoisotopic (exact) mass is 226 g/mol. The first kappa shape index (κ1) is 14.0. The molecule has 0 aromatic heterocycles. The number of hydrogen-bond acceptors (Lipinski definition) is 2. The van der Waals surface area contributed by atoms with Crippen molar-refractivity contribution in [1.29, 1.82) is 0 Å². The molecule has 96 valence electrons. The van der Waals surface area contributed by atoms with E-state index < -0.39 is 0 Å². The Kier molecular flexibility index (Phi) is 4.81. The standard InChI is InChI=1S/C12H24N2.C2H6/c1-11(2,3)8-14-9-12(10-14)5-4-6-13-7-12;1-2/h13H,4-10H2,1-3H3;1-2H3. The fraction of sp³-hybridized carbons (Fsp3) is 1.00. The molecule has 0 unspecified atom stereocenters. The molecule has 0 aliphatic carbocycles. The predicted octanol–water partition coefficient (Wildman–Crippen LogP) is 2.74. The second-order valence-electron chi connectivity index (χ2n) is 6.49. The van der Waals surface area contributed by atoms with E-state index in [4.69, 9.17) is 0 Å². The van der Waals surface area contributed by atoms with Crippen molar-refractivity contribution >= 4 is 0 Å². The third-order valence-corrected chi connectivity index (χ3v) is 3.38. The maximum Gasteiger partial charge on any atom is 0.00827 e. The zero-order chi connectivity index (χ0) is 12.2. The van der Waals surface area contributed by atoms with Gasteiger partial charge in [-0.25, -0.2) is 0 Å². The van der Waals surface area contributed by atoms with Crippen molar-refractivity contribution in [2.45, 2.75) is 47.5 Å². The van der Waals surface area contributed by atoms with Gasteiger partial charge in [-0.05, 0) is 24.8 Å². The molecule has 1 spiro atoms. The van der Waals surface area contributed by atoms with Gasteiger partial charge in [0, 0.05) is 31.6 Å². The van der Waals surface area contributed by atoms with Crippen molar-refractivity contribution in [3.63, 3.8) is 0 Å². The molecular weight excluding hydrogens is 196 g/mol. The summed E-state index contributed by atoms with van der Waals surface area (Å²) in [6, 6.07) is 0. The lowest BCUT2D eigenvalue weighted by atomic mass is 9.73. The quantitative estimate of drug-likeness (QED) is 0.739. The molecule has 0 bridgehead atoms. The molecule has 2 heteroatoms. The van der Waals surface area contributed by atoms with Crippen molar-refractivity contribution in [2.75, 3.05) is 32.7 Å². The molecular formula is C14H30N2. The smallest absolute Gasteiger partial charge is 0.00827 e. The summed E-state index contributed by atoms with van der Waals surface area (Å²) >= 11 is 0. The van der Waals surface area contributed by atoms with Crippen LogP contribution >= 0.6 is 0 Å². The molecule has 2 heterocycles. The summed E-state index contributed by atoms with van der Waals surface area (Å²) in [5.74, 6) is 0. The first-order valence-electron chi connectivity index (χ1n) is 6.92. The first-order chi connectivity index (χ1) is 7.49. The van der Waals surface area contributed by atoms with E-state index in [9.17, 15) is 0 Å². The Morgan fingerprint density at radius 2 is 1.81 bits per heavy atom. The highest BCUT2D eigenvalue weighted by molar-refractivity contribution is 4.99. The third kappa shape index (κ3) is 3.74. The first-order valence-corrected chi connectivity index (χ1v) is 6.92. The Morgan fingerprint density at radius 1 is 1.19 bits per heavy atom. The Bertz CT molecular complexity index is 191. The number of piperidine rings is 1. The normalized spacial score (nSPS) is 24.6. The fourth-order valence-electron chi connectivity index (χ4n) is 2.99. The number of hydrogen-bond donors (Lipinski definition) is 1. The number of likely N-dealkylation sites (tertiary alicyclic amines) is 1. The van der Waals surface area contributed by atoms with Crippen molar-refractivity contribution < 1.29 is 0 Å². The minimum atomic E-state index is 0.462. The van der Waals surface area contributed by atoms with Crippen LogP contribution in [0.2, 0.25) is 0 Å². The van der Waals surface area contributed by atoms with Gasteiger partial charge >= 0.3 is 0 Å². The van der Waals surface area contributed by atoms with Crippen molar-refractivity contribution in [2.24, 2.45) is 10.8 Å². The molecule has 1 N–H and O–H groups in total. The molecule has 0 radical (unpaired) electrons. The molecule has 2 aliphatic heterocycles. The molecule has 2 nitrogen and oxygen atoms in total. The van der Waals surface area contributed by atoms with E-state index in [2.05, 4.69) is 31.0 Å². The lowest BCUT2D eigenvalue weighted by Crippen LogP contribution is -2.63. The van der Waals surface area contributed by atoms with Crippen LogP contribution in [0.3, 0.4) is 0 Å². The largest absolute Gasteiger partial charge is 0.316 e. The third-order valence-electron chi connectivity index (χ3n) is 3.38. The fourth-order valence-corrected chi connectivity index (χ4v) is 2.99. The zero-order valence-electron chi connectivity index (χ0n) is 11.9. The molecule has 2 fully saturated rings. The summed E-state index contributed by atoms with van der Waals surface area (Å²) in [4.78, 5) is 2.62. The Hall–Kier alpha value is -0.0800. The maximum absolute atomic E-state index is 3.53. The van der Waals surface area contributed by atoms with E-state index in [1.807, 2.05) is 13.8 Å². The number of nitrogens with one attached hydrogen (secondary N) is 1. The van der Waals surface area contributed by atoms with Crippen LogP contribution in [-0.4, -0.2) is 37.6 Å². The summed E-state index contributed by atoms with van der Waals surface area (Å²) in [7, 11) is 0. The van der Waals surface area contributed by atoms with E-state index in [1.165, 1.54) is 45.6 Å². The van der Waals surface area contributed by atoms with Crippen LogP contribution in [-0.2, 0) is 0 Å². The second-order valence-corrected chi connectivity index (χ2v) is 6.49. The summed E-state index contributed by atoms with van der Waals surface area (Å²) < 4.78 is 0. The lowest BCUT2D eigenvalue weighted by Gasteiger charge is -2.54. The van der Waals surface area contributed by atoms with Crippen LogP contribution < -0.4 is 5.32 Å². The predicted molar refractivity (Wildman–Crippen MR) is 71.8 cm³/mol. The van der Waals surface area contributed by atoms with Gasteiger partial charge in [-0.3, -0.25) is 0 Å². The molecule has 2 aliphatic rings. The molecule has 2 rings (SSSR count). The Balaban J connectivity index is 0.000000606. The van der Waals surface area contributed by atoms with Gasteiger partial charge in [0.15, 0.2) is 0 Å². The number of nitrogens with zero attached hydrogens (tertiary/aromatic N) is 1. The highest BCUT2D eigenvalue weighted by Crippen LogP contribution is 2.37. The van der Waals surface area contributed by atoms with Gasteiger partial charge in [-0.1, -0.05) is 34.6 Å². The van der Waals surface area contributed by atoms with Crippen molar-refractivity contribution in [3.05, 3.63) is 0 Å². The van der Waals surface area contributed by atoms with E-state index >= 15 is 0 Å². The SMILES string of the molecule is CC.CC(C)(C)CN1CC2(CCCNC2)C1. The van der Waals surface area contributed by atoms with Gasteiger partial charge in [0.25, 0.3) is 0 Å². The van der Waals surface area contributed by atoms with E-state index in [0.717, 1.165) is 0 Å². The van der Waals surface area contributed by atoms with Crippen molar-refractivity contribution in [3.8, 4) is 0 Å². The molecule has 0 saturated carbocycles. The molecule has 16 heavy (non-hydrogen) atoms. The van der Waals surface area contributed by atoms with Gasteiger partial charge in [0.1, 0.15) is 0 Å². The van der Waals surface area contributed by atoms with Crippen LogP contribution in [0.4, 0.5) is 0 Å². The Labute approximate surface area is 102 Å². The lowest BCUT2D eigenvalue weighted by molar-refractivity contribution is -0.0345. The van der Waals surface area contributed by atoms with Crippen LogP contribution in [0, 0.1) is 10.8 Å². The van der Waals surface area contributed by atoms with Crippen LogP contribution in [0.5, 0.6) is 0 Å². The maximum atomic E-state index is 3.53. The van der Waals surface area contributed by atoms with E-state index in [1.54, 1.807) is 0 Å². The van der Waals surface area contributed by atoms with Gasteiger partial charge < -0.3 is 10.2 Å². The average Bonchev–Trinajstić information content (AvgIpc) is 2.18. The molecule has 0 aromatic rings. The minimum absolute atomic E-state index is 0.462. The zero-order valence-corrected chi connectivity index (χ0v) is 11.9. The molecule has 0 atom stereocenters. The topological polar surface area (TPSA) is 15.3 Å². The highest BCUT2D eigenvalue weighted by atomic mass is 15.2. The molecule has 0 aromatic carbocycles. The number of rotatable bonds is 1. The van der Waals surface area contributed by atoms with Crippen LogP contribution in [0.25, 0.3) is 0 Å². The summed E-state index contributed by atoms with van der Waals surface area (Å²) in [6.07, 6.45) is 2.82. The van der Waals surface area contributed by atoms with Gasteiger partial charge in [-0.15, -0.1) is 0 Å². The summed E-state index contributed by atoms with van der Waals surface area (Å²) in [5, 5.41) is 3.53. The van der Waals surface area contributed by atoms with E-state index in [-0.39, 0.29) is 0 Å². The highest BCUT2D eigenvalue weighted by Gasteiger charge is 2.43. The Morgan fingerprint density at radius 3 is 2.25 bits per heavy atom. The molecule has 2 saturated heterocycles. The van der Waals surface area contributed by atoms with Crippen LogP contribution in [0.1, 0.15) is 47.5 Å². The van der Waals surface area contributed by atoms with Crippen molar-refractivity contribution in [1.82, 2.24) is 10.2 Å². The molecule has 0 amide bonds. The minimum Gasteiger partial charge on any atom is -0.316 e. The van der Waals surface area contributed by atoms with Gasteiger partial charge in [0.05, 0.1) is 0 Å². The van der Waals surface area contributed by atoms with Gasteiger partial charge in [-0.2, -0.15) is 0 Å².